The van der Waals surface area contributed by atoms with Gasteiger partial charge in [0.05, 0.1) is 6.10 Å². The predicted molar refractivity (Wildman–Crippen MR) is 71.6 cm³/mol. The maximum Gasteiger partial charge on any atom is 0.371 e. The number of hydrogen-bond donors (Lipinski definition) is 0. The van der Waals surface area contributed by atoms with Crippen LogP contribution in [0.25, 0.3) is 0 Å². The van der Waals surface area contributed by atoms with Gasteiger partial charge in [0.1, 0.15) is 0 Å². The zero-order chi connectivity index (χ0) is 16.8. The van der Waals surface area contributed by atoms with Crippen LogP contribution in [0.1, 0.15) is 38.5 Å². The number of halogens is 4. The van der Waals surface area contributed by atoms with Crippen molar-refractivity contribution in [2.75, 3.05) is 6.61 Å². The van der Waals surface area contributed by atoms with Crippen LogP contribution in [-0.4, -0.2) is 38.9 Å². The molecule has 1 aliphatic heterocycles. The molecule has 3 fully saturated rings. The average Bonchev–Trinajstić information content (AvgIpc) is 3.08. The van der Waals surface area contributed by atoms with Crippen molar-refractivity contribution in [2.45, 2.75) is 62.1 Å². The molecule has 2 bridgehead atoms. The molecule has 0 spiro atoms. The maximum atomic E-state index is 14.0. The van der Waals surface area contributed by atoms with E-state index in [4.69, 9.17) is 9.47 Å². The lowest BCUT2D eigenvalue weighted by Crippen LogP contribution is -2.51. The first kappa shape index (κ1) is 17.6. The summed E-state index contributed by atoms with van der Waals surface area (Å²) in [5, 5.41) is -5.04. The SMILES string of the molecule is O=S([O-])C(F)(F)C(F)(F)C1CC2CC1CC2OC1CCCCO1. The minimum absolute atomic E-state index is 0.137. The van der Waals surface area contributed by atoms with E-state index >= 15 is 0 Å². The van der Waals surface area contributed by atoms with Gasteiger partial charge in [-0.05, 0) is 50.4 Å². The van der Waals surface area contributed by atoms with Gasteiger partial charge in [-0.15, -0.1) is 0 Å². The predicted octanol–water partition coefficient (Wildman–Crippen LogP) is 3.05. The molecule has 23 heavy (non-hydrogen) atoms. The van der Waals surface area contributed by atoms with Crippen LogP contribution >= 0.6 is 0 Å². The first-order valence-electron chi connectivity index (χ1n) is 7.85. The van der Waals surface area contributed by atoms with E-state index in [0.717, 1.165) is 19.3 Å². The quantitative estimate of drug-likeness (QED) is 0.559. The summed E-state index contributed by atoms with van der Waals surface area (Å²) in [5.41, 5.74) is 0. The van der Waals surface area contributed by atoms with Crippen LogP contribution in [0.5, 0.6) is 0 Å². The zero-order valence-corrected chi connectivity index (χ0v) is 13.2. The molecule has 1 heterocycles. The lowest BCUT2D eigenvalue weighted by molar-refractivity contribution is -0.220. The van der Waals surface area contributed by atoms with E-state index in [2.05, 4.69) is 0 Å². The van der Waals surface area contributed by atoms with Gasteiger partial charge in [0.25, 0.3) is 0 Å². The highest BCUT2D eigenvalue weighted by atomic mass is 32.2. The van der Waals surface area contributed by atoms with Gasteiger partial charge in [0, 0.05) is 23.6 Å². The summed E-state index contributed by atoms with van der Waals surface area (Å²) in [6.07, 6.45) is 2.58. The van der Waals surface area contributed by atoms with Crippen molar-refractivity contribution < 1.29 is 35.8 Å². The van der Waals surface area contributed by atoms with Crippen LogP contribution in [0.4, 0.5) is 17.6 Å². The molecule has 0 aromatic carbocycles. The van der Waals surface area contributed by atoms with Crippen LogP contribution in [0.3, 0.4) is 0 Å². The number of rotatable bonds is 5. The first-order chi connectivity index (χ1) is 10.7. The number of hydrogen-bond acceptors (Lipinski definition) is 4. The van der Waals surface area contributed by atoms with Crippen molar-refractivity contribution in [3.05, 3.63) is 0 Å². The Balaban J connectivity index is 1.62. The number of alkyl halides is 4. The van der Waals surface area contributed by atoms with Crippen LogP contribution in [0.2, 0.25) is 0 Å². The van der Waals surface area contributed by atoms with Crippen molar-refractivity contribution in [1.29, 1.82) is 0 Å². The normalized spacial score (nSPS) is 39.6. The van der Waals surface area contributed by atoms with Gasteiger partial charge >= 0.3 is 11.2 Å². The van der Waals surface area contributed by atoms with Gasteiger partial charge in [0.15, 0.2) is 6.29 Å². The van der Waals surface area contributed by atoms with E-state index < -0.39 is 34.1 Å². The van der Waals surface area contributed by atoms with E-state index in [9.17, 15) is 26.3 Å². The second-order valence-corrected chi connectivity index (χ2v) is 7.66. The van der Waals surface area contributed by atoms with Crippen LogP contribution < -0.4 is 0 Å². The summed E-state index contributed by atoms with van der Waals surface area (Å²) in [6.45, 7) is 0.605. The Kier molecular flexibility index (Phi) is 4.76. The Bertz CT molecular complexity index is 470. The summed E-state index contributed by atoms with van der Waals surface area (Å²) >= 11 is -4.14. The Morgan fingerprint density at radius 3 is 2.35 bits per heavy atom. The summed E-state index contributed by atoms with van der Waals surface area (Å²) in [6, 6.07) is 0. The fourth-order valence-corrected chi connectivity index (χ4v) is 4.55. The Labute approximate surface area is 134 Å². The van der Waals surface area contributed by atoms with E-state index in [-0.39, 0.29) is 31.2 Å². The molecular weight excluding hydrogens is 340 g/mol. The van der Waals surface area contributed by atoms with Crippen molar-refractivity contribution in [2.24, 2.45) is 17.8 Å². The molecule has 0 amide bonds. The van der Waals surface area contributed by atoms with Gasteiger partial charge in [-0.3, -0.25) is 4.21 Å². The van der Waals surface area contributed by atoms with Gasteiger partial charge < -0.3 is 14.0 Å². The summed E-state index contributed by atoms with van der Waals surface area (Å²) in [4.78, 5) is 0. The number of ether oxygens (including phenoxy) is 2. The molecular formula is C14H19F4O4S-. The topological polar surface area (TPSA) is 58.6 Å². The third-order valence-electron chi connectivity index (χ3n) is 5.32. The zero-order valence-electron chi connectivity index (χ0n) is 12.4. The summed E-state index contributed by atoms with van der Waals surface area (Å²) < 4.78 is 86.9. The highest BCUT2D eigenvalue weighted by Gasteiger charge is 2.67. The summed E-state index contributed by atoms with van der Waals surface area (Å²) in [7, 11) is 0. The molecule has 4 nitrogen and oxygen atoms in total. The highest BCUT2D eigenvalue weighted by molar-refractivity contribution is 7.80. The minimum atomic E-state index is -5.04. The largest absolute Gasteiger partial charge is 0.768 e. The number of fused-ring (bicyclic) bond motifs is 2. The van der Waals surface area contributed by atoms with Crippen molar-refractivity contribution in [3.8, 4) is 0 Å². The Morgan fingerprint density at radius 2 is 1.83 bits per heavy atom. The van der Waals surface area contributed by atoms with Crippen LogP contribution in [0.15, 0.2) is 0 Å². The van der Waals surface area contributed by atoms with Crippen molar-refractivity contribution in [1.82, 2.24) is 0 Å². The van der Waals surface area contributed by atoms with Gasteiger partial charge in [-0.2, -0.15) is 17.6 Å². The van der Waals surface area contributed by atoms with E-state index in [1.54, 1.807) is 0 Å². The molecule has 0 aromatic rings. The third-order valence-corrected chi connectivity index (χ3v) is 6.01. The molecule has 3 aliphatic rings. The first-order valence-corrected chi connectivity index (χ1v) is 8.93. The molecule has 0 N–H and O–H groups in total. The molecule has 2 saturated carbocycles. The Morgan fingerprint density at radius 1 is 1.09 bits per heavy atom. The molecule has 6 unspecified atom stereocenters. The molecule has 1 saturated heterocycles. The smallest absolute Gasteiger partial charge is 0.371 e. The highest BCUT2D eigenvalue weighted by Crippen LogP contribution is 2.58. The molecule has 3 rings (SSSR count). The van der Waals surface area contributed by atoms with Gasteiger partial charge in [0.2, 0.25) is 0 Å². The molecule has 134 valence electrons. The lowest BCUT2D eigenvalue weighted by atomic mass is 9.82. The lowest BCUT2D eigenvalue weighted by Gasteiger charge is -2.38. The fraction of sp³-hybridized carbons (Fsp3) is 1.00. The molecule has 2 aliphatic carbocycles. The molecule has 0 radical (unpaired) electrons. The van der Waals surface area contributed by atoms with Crippen LogP contribution in [0, 0.1) is 17.8 Å². The van der Waals surface area contributed by atoms with E-state index in [0.29, 0.717) is 13.0 Å². The van der Waals surface area contributed by atoms with Crippen LogP contribution in [-0.2, 0) is 20.6 Å². The van der Waals surface area contributed by atoms with Crippen molar-refractivity contribution >= 4 is 11.1 Å². The second-order valence-electron chi connectivity index (χ2n) is 6.68. The Hall–Kier alpha value is -0.250. The van der Waals surface area contributed by atoms with E-state index in [1.165, 1.54) is 0 Å². The molecule has 0 aromatic heterocycles. The monoisotopic (exact) mass is 359 g/mol. The summed E-state index contributed by atoms with van der Waals surface area (Å²) in [5.74, 6) is -7.05. The van der Waals surface area contributed by atoms with Gasteiger partial charge in [-0.25, -0.2) is 0 Å². The fourth-order valence-electron chi connectivity index (χ4n) is 4.17. The second kappa shape index (κ2) is 6.24. The minimum Gasteiger partial charge on any atom is -0.768 e. The average molecular weight is 359 g/mol. The molecule has 9 heteroatoms. The van der Waals surface area contributed by atoms with Gasteiger partial charge in [-0.1, -0.05) is 0 Å². The standard InChI is InChI=1S/C14H20F4O4S/c15-13(16,14(17,18)23(19)20)10-6-9-5-8(10)7-11(9)22-12-3-1-2-4-21-12/h8-12H,1-7H2,(H,19,20)/p-1. The third kappa shape index (κ3) is 3.05. The van der Waals surface area contributed by atoms with Crippen molar-refractivity contribution in [3.63, 3.8) is 0 Å². The van der Waals surface area contributed by atoms with E-state index in [1.807, 2.05) is 0 Å². The maximum absolute atomic E-state index is 14.0. The molecule has 6 atom stereocenters.